The van der Waals surface area contributed by atoms with Crippen LogP contribution in [0.3, 0.4) is 0 Å². The molecule has 3 N–H and O–H groups in total. The zero-order valence-corrected chi connectivity index (χ0v) is 37.4. The van der Waals surface area contributed by atoms with Crippen molar-refractivity contribution in [2.24, 2.45) is 63.6 Å². The van der Waals surface area contributed by atoms with Gasteiger partial charge in [0.15, 0.2) is 0 Å². The van der Waals surface area contributed by atoms with E-state index in [0.717, 1.165) is 109 Å². The fourth-order valence-electron chi connectivity index (χ4n) is 15.5. The first-order chi connectivity index (χ1) is 28.1. The van der Waals surface area contributed by atoms with Crippen molar-refractivity contribution in [3.8, 4) is 5.75 Å². The van der Waals surface area contributed by atoms with Gasteiger partial charge in [-0.15, -0.1) is 0 Å². The fourth-order valence-corrected chi connectivity index (χ4v) is 15.9. The average Bonchev–Trinajstić information content (AvgIpc) is 3.71. The second kappa shape index (κ2) is 17.3. The lowest BCUT2D eigenvalue weighted by Crippen LogP contribution is -2.58. The zero-order valence-electron chi connectivity index (χ0n) is 36.6. The summed E-state index contributed by atoms with van der Waals surface area (Å²) < 4.78 is 43.8. The van der Waals surface area contributed by atoms with E-state index >= 15 is 0 Å². The van der Waals surface area contributed by atoms with E-state index in [1.807, 2.05) is 0 Å². The van der Waals surface area contributed by atoms with Crippen molar-refractivity contribution in [3.63, 3.8) is 0 Å². The Labute approximate surface area is 355 Å². The highest BCUT2D eigenvalue weighted by molar-refractivity contribution is 7.85. The Balaban J connectivity index is 0.749. The van der Waals surface area contributed by atoms with Crippen LogP contribution in [0.15, 0.2) is 18.2 Å². The van der Waals surface area contributed by atoms with Gasteiger partial charge < -0.3 is 19.9 Å². The van der Waals surface area contributed by atoms with Crippen LogP contribution in [0.1, 0.15) is 160 Å². The van der Waals surface area contributed by atoms with Crippen LogP contribution >= 0.6 is 0 Å². The number of fused-ring (bicyclic) bond motifs is 10. The highest BCUT2D eigenvalue weighted by atomic mass is 32.2. The third-order valence-electron chi connectivity index (χ3n) is 18.7. The number of unbranched alkanes of at least 4 members (excludes halogenated alkanes) is 2. The lowest BCUT2D eigenvalue weighted by Gasteiger charge is -2.62. The summed E-state index contributed by atoms with van der Waals surface area (Å²) in [7, 11) is -4.09. The van der Waals surface area contributed by atoms with Crippen molar-refractivity contribution in [2.45, 2.75) is 168 Å². The van der Waals surface area contributed by atoms with Crippen LogP contribution in [0.5, 0.6) is 5.75 Å². The Morgan fingerprint density at radius 3 is 2.49 bits per heavy atom. The molecule has 10 heteroatoms. The predicted molar refractivity (Wildman–Crippen MR) is 230 cm³/mol. The number of benzene rings is 1. The highest BCUT2D eigenvalue weighted by Crippen LogP contribution is 2.68. The zero-order chi connectivity index (χ0) is 41.7. The number of nitrogens with one attached hydrogen (secondary N) is 1. The van der Waals surface area contributed by atoms with Gasteiger partial charge in [-0.3, -0.25) is 14.1 Å². The quantitative estimate of drug-likeness (QED) is 0.118. The number of aliphatic hydroxyl groups is 1. The molecule has 59 heavy (non-hydrogen) atoms. The molecule has 0 heterocycles. The summed E-state index contributed by atoms with van der Waals surface area (Å²) in [4.78, 5) is 25.2. The van der Waals surface area contributed by atoms with Gasteiger partial charge in [0.05, 0.1) is 24.6 Å². The first-order valence-corrected chi connectivity index (χ1v) is 25.5. The Morgan fingerprint density at radius 1 is 0.898 bits per heavy atom. The minimum atomic E-state index is -4.09. The molecule has 9 nitrogen and oxygen atoms in total. The molecule has 0 aliphatic heterocycles. The molecule has 6 fully saturated rings. The third-order valence-corrected chi connectivity index (χ3v) is 19.4. The molecule has 0 bridgehead atoms. The topological polar surface area (TPSA) is 139 Å². The molecule has 14 atom stereocenters. The maximum absolute atomic E-state index is 12.7. The van der Waals surface area contributed by atoms with Gasteiger partial charge >= 0.3 is 0 Å². The summed E-state index contributed by atoms with van der Waals surface area (Å²) in [5.74, 6) is 5.52. The molecule has 1 aromatic carbocycles. The van der Waals surface area contributed by atoms with Gasteiger partial charge in [0, 0.05) is 31.4 Å². The van der Waals surface area contributed by atoms with Gasteiger partial charge in [0.25, 0.3) is 10.1 Å². The summed E-state index contributed by atoms with van der Waals surface area (Å²) in [5, 5.41) is 14.5. The number of hydrogen-bond acceptors (Lipinski definition) is 7. The maximum atomic E-state index is 12.7. The van der Waals surface area contributed by atoms with Crippen LogP contribution in [0.2, 0.25) is 0 Å². The number of ketones is 1. The normalized spacial score (nSPS) is 40.5. The maximum Gasteiger partial charge on any atom is 0.266 e. The molecule has 0 radical (unpaired) electrons. The second-order valence-corrected chi connectivity index (χ2v) is 23.1. The number of rotatable bonds is 15. The van der Waals surface area contributed by atoms with E-state index in [4.69, 9.17) is 14.0 Å². The lowest BCUT2D eigenvalue weighted by molar-refractivity contribution is -0.178. The van der Waals surface area contributed by atoms with E-state index in [2.05, 4.69) is 51.2 Å². The van der Waals surface area contributed by atoms with Gasteiger partial charge in [-0.2, -0.15) is 8.42 Å². The third kappa shape index (κ3) is 8.57. The van der Waals surface area contributed by atoms with E-state index in [-0.39, 0.29) is 40.9 Å². The molecule has 4 unspecified atom stereocenters. The number of hydrogen-bond donors (Lipinski definition) is 3. The Hall–Kier alpha value is -2.01. The van der Waals surface area contributed by atoms with E-state index < -0.39 is 15.9 Å². The molecule has 8 rings (SSSR count). The molecule has 1 amide bonds. The number of carbonyl (C=O) groups excluding carboxylic acids is 2. The molecule has 330 valence electrons. The number of amides is 1. The average molecular weight is 838 g/mol. The van der Waals surface area contributed by atoms with Gasteiger partial charge in [0.2, 0.25) is 5.91 Å². The minimum absolute atomic E-state index is 0.0654. The monoisotopic (exact) mass is 838 g/mol. The first kappa shape index (κ1) is 43.6. The van der Waals surface area contributed by atoms with Crippen molar-refractivity contribution >= 4 is 21.8 Å². The summed E-state index contributed by atoms with van der Waals surface area (Å²) in [5.41, 5.74) is 3.33. The number of aliphatic hydroxyl groups excluding tert-OH is 1. The van der Waals surface area contributed by atoms with Gasteiger partial charge in [0.1, 0.15) is 11.5 Å². The lowest BCUT2D eigenvalue weighted by atomic mass is 9.43. The van der Waals surface area contributed by atoms with E-state index in [0.29, 0.717) is 65.5 Å². The van der Waals surface area contributed by atoms with Gasteiger partial charge in [-0.25, -0.2) is 0 Å². The van der Waals surface area contributed by atoms with E-state index in [9.17, 15) is 23.1 Å². The molecule has 6 saturated carbocycles. The van der Waals surface area contributed by atoms with Crippen LogP contribution in [-0.2, 0) is 30.9 Å². The van der Waals surface area contributed by atoms with E-state index in [1.165, 1.54) is 36.8 Å². The molecule has 7 aliphatic rings. The van der Waals surface area contributed by atoms with Crippen molar-refractivity contribution in [1.82, 2.24) is 5.32 Å². The Morgan fingerprint density at radius 2 is 1.68 bits per heavy atom. The molecule has 7 aliphatic carbocycles. The van der Waals surface area contributed by atoms with Crippen LogP contribution in [-0.4, -0.2) is 67.5 Å². The number of carbonyl (C=O) groups is 2. The summed E-state index contributed by atoms with van der Waals surface area (Å²) >= 11 is 0. The number of ether oxygens (including phenoxy) is 2. The number of aryl methyl sites for hydroxylation is 1. The Kier molecular flexibility index (Phi) is 12.8. The van der Waals surface area contributed by atoms with Crippen molar-refractivity contribution < 1.29 is 37.1 Å². The standard InChI is InChI=1S/C49H75NO8S/c1-31(8-17-45(53)50-24-27-59(54,55)56)39-13-14-41-46-42(20-23-48(39,41)3)47(2)21-18-35(29-33(47)30-43(46)51)58-26-7-5-6-25-57-34-10-12-36-32(28-34)9-11-38-37(36)19-22-49(4)40(38)15-16-44(49)52/h10,12,28,31,33,35,37-43,46,51H,5-9,11,13-27,29-30H2,1-4H3,(H,50,53)(H,54,55,56)/t31-,33?,35+,37?,38?,39-,40?,41+,42+,43+,46+,47+,48-,49-/m1/s1. The van der Waals surface area contributed by atoms with Crippen LogP contribution in [0.25, 0.3) is 0 Å². The molecule has 1 aromatic rings. The van der Waals surface area contributed by atoms with Gasteiger partial charge in [-0.1, -0.05) is 33.8 Å². The molecule has 0 saturated heterocycles. The Bertz CT molecular complexity index is 1800. The minimum Gasteiger partial charge on any atom is -0.494 e. The van der Waals surface area contributed by atoms with Crippen LogP contribution in [0, 0.1) is 63.6 Å². The second-order valence-electron chi connectivity index (χ2n) is 21.5. The number of Topliss-reactive ketones (excluding diaryl/α,β-unsaturated/α-hetero) is 1. The SMILES string of the molecule is C[C@H](CCC(=O)NCCS(=O)(=O)O)[C@H]1CC[C@H]2[C@@H]3[C@@H](O)CC4C[C@@H](OCCCCCOc5ccc6c(c5)CCC5C6CC[C@@]6(C)C(=O)CCC56)CC[C@]4(C)[C@H]3CC[C@]12C. The van der Waals surface area contributed by atoms with Crippen molar-refractivity contribution in [1.29, 1.82) is 0 Å². The molecular weight excluding hydrogens is 763 g/mol. The summed E-state index contributed by atoms with van der Waals surface area (Å²) in [6.45, 7) is 11.0. The fraction of sp³-hybridized carbons (Fsp3) is 0.837. The van der Waals surface area contributed by atoms with Gasteiger partial charge in [-0.05, 0) is 197 Å². The summed E-state index contributed by atoms with van der Waals surface area (Å²) in [6.07, 6.45) is 19.6. The van der Waals surface area contributed by atoms with Crippen molar-refractivity contribution in [2.75, 3.05) is 25.5 Å². The van der Waals surface area contributed by atoms with Crippen molar-refractivity contribution in [3.05, 3.63) is 29.3 Å². The highest BCUT2D eigenvalue weighted by Gasteiger charge is 2.63. The first-order valence-electron chi connectivity index (χ1n) is 23.9. The van der Waals surface area contributed by atoms with Crippen LogP contribution in [0.4, 0.5) is 0 Å². The molecule has 0 aromatic heterocycles. The molecular formula is C49H75NO8S. The van der Waals surface area contributed by atoms with E-state index in [1.54, 1.807) is 0 Å². The summed E-state index contributed by atoms with van der Waals surface area (Å²) in [6, 6.07) is 6.83. The smallest absolute Gasteiger partial charge is 0.266 e. The molecule has 0 spiro atoms. The largest absolute Gasteiger partial charge is 0.494 e. The van der Waals surface area contributed by atoms with Crippen LogP contribution < -0.4 is 10.1 Å². The predicted octanol–water partition coefficient (Wildman–Crippen LogP) is 9.10.